The van der Waals surface area contributed by atoms with Gasteiger partial charge in [0.1, 0.15) is 0 Å². The van der Waals surface area contributed by atoms with Crippen LogP contribution in [0, 0.1) is 13.8 Å². The second-order valence-corrected chi connectivity index (χ2v) is 7.82. The molecule has 2 aromatic carbocycles. The standard InChI is InChI=1S/C23H21N5OS/c1-16-10-11-17(2)20(13-16)25-21(29)15-30-23-27-26-22(18-7-6-12-24-14-18)28(23)19-8-4-3-5-9-19/h3-14H,15H2,1-2H3,(H,25,29). The molecule has 1 amide bonds. The van der Waals surface area contributed by atoms with E-state index in [9.17, 15) is 4.79 Å². The largest absolute Gasteiger partial charge is 0.325 e. The maximum Gasteiger partial charge on any atom is 0.234 e. The van der Waals surface area contributed by atoms with E-state index in [4.69, 9.17) is 0 Å². The van der Waals surface area contributed by atoms with Gasteiger partial charge >= 0.3 is 0 Å². The Morgan fingerprint density at radius 3 is 2.63 bits per heavy atom. The summed E-state index contributed by atoms with van der Waals surface area (Å²) in [5.41, 5.74) is 4.76. The Kier molecular flexibility index (Phi) is 5.90. The first-order valence-electron chi connectivity index (χ1n) is 9.53. The maximum atomic E-state index is 12.6. The molecule has 0 atom stereocenters. The number of hydrogen-bond acceptors (Lipinski definition) is 5. The van der Waals surface area contributed by atoms with Crippen molar-refractivity contribution < 1.29 is 4.79 Å². The van der Waals surface area contributed by atoms with E-state index in [2.05, 4.69) is 20.5 Å². The molecule has 2 aromatic heterocycles. The van der Waals surface area contributed by atoms with Crippen molar-refractivity contribution in [2.75, 3.05) is 11.1 Å². The van der Waals surface area contributed by atoms with Crippen LogP contribution in [0.4, 0.5) is 5.69 Å². The van der Waals surface area contributed by atoms with Gasteiger partial charge in [-0.05, 0) is 55.3 Å². The van der Waals surface area contributed by atoms with Gasteiger partial charge in [0.25, 0.3) is 0 Å². The minimum absolute atomic E-state index is 0.0840. The number of hydrogen-bond donors (Lipinski definition) is 1. The van der Waals surface area contributed by atoms with E-state index < -0.39 is 0 Å². The van der Waals surface area contributed by atoms with Crippen molar-refractivity contribution in [1.29, 1.82) is 0 Å². The number of aryl methyl sites for hydroxylation is 2. The van der Waals surface area contributed by atoms with Gasteiger partial charge in [0.2, 0.25) is 5.91 Å². The molecule has 4 aromatic rings. The molecule has 0 saturated carbocycles. The molecule has 0 aliphatic heterocycles. The van der Waals surface area contributed by atoms with Crippen molar-refractivity contribution in [1.82, 2.24) is 19.7 Å². The SMILES string of the molecule is Cc1ccc(C)c(NC(=O)CSc2nnc(-c3cccnc3)n2-c2ccccc2)c1. The first kappa shape index (κ1) is 19.8. The van der Waals surface area contributed by atoms with Gasteiger partial charge in [0.15, 0.2) is 11.0 Å². The number of rotatable bonds is 6. The summed E-state index contributed by atoms with van der Waals surface area (Å²) < 4.78 is 1.95. The van der Waals surface area contributed by atoms with Crippen LogP contribution >= 0.6 is 11.8 Å². The van der Waals surface area contributed by atoms with E-state index in [0.717, 1.165) is 28.1 Å². The molecule has 4 rings (SSSR count). The van der Waals surface area contributed by atoms with Crippen molar-refractivity contribution >= 4 is 23.4 Å². The highest BCUT2D eigenvalue weighted by Crippen LogP contribution is 2.27. The number of nitrogens with zero attached hydrogens (tertiary/aromatic N) is 4. The van der Waals surface area contributed by atoms with Crippen molar-refractivity contribution in [2.24, 2.45) is 0 Å². The van der Waals surface area contributed by atoms with Gasteiger partial charge in [-0.25, -0.2) is 0 Å². The molecule has 0 saturated heterocycles. The van der Waals surface area contributed by atoms with E-state index in [0.29, 0.717) is 11.0 Å². The molecular weight excluding hydrogens is 394 g/mol. The Bertz CT molecular complexity index is 1160. The predicted octanol–water partition coefficient (Wildman–Crippen LogP) is 4.68. The monoisotopic (exact) mass is 415 g/mol. The fourth-order valence-electron chi connectivity index (χ4n) is 3.04. The van der Waals surface area contributed by atoms with E-state index in [-0.39, 0.29) is 11.7 Å². The van der Waals surface area contributed by atoms with Crippen LogP contribution in [0.5, 0.6) is 0 Å². The van der Waals surface area contributed by atoms with Crippen molar-refractivity contribution in [3.8, 4) is 17.1 Å². The van der Waals surface area contributed by atoms with E-state index in [1.807, 2.05) is 79.1 Å². The number of nitrogens with one attached hydrogen (secondary N) is 1. The lowest BCUT2D eigenvalue weighted by molar-refractivity contribution is -0.113. The highest BCUT2D eigenvalue weighted by Gasteiger charge is 2.17. The molecule has 2 heterocycles. The molecule has 0 aliphatic rings. The van der Waals surface area contributed by atoms with Crippen LogP contribution in [0.25, 0.3) is 17.1 Å². The van der Waals surface area contributed by atoms with Crippen LogP contribution in [0.15, 0.2) is 78.2 Å². The first-order valence-corrected chi connectivity index (χ1v) is 10.5. The van der Waals surface area contributed by atoms with Crippen LogP contribution in [-0.4, -0.2) is 31.4 Å². The number of carbonyl (C=O) groups is 1. The summed E-state index contributed by atoms with van der Waals surface area (Å²) in [6.07, 6.45) is 3.48. The summed E-state index contributed by atoms with van der Waals surface area (Å²) in [6.45, 7) is 3.99. The minimum atomic E-state index is -0.0840. The van der Waals surface area contributed by atoms with Crippen LogP contribution < -0.4 is 5.32 Å². The maximum absolute atomic E-state index is 12.6. The highest BCUT2D eigenvalue weighted by atomic mass is 32.2. The van der Waals surface area contributed by atoms with Gasteiger partial charge in [0.05, 0.1) is 5.75 Å². The Morgan fingerprint density at radius 2 is 1.87 bits per heavy atom. The molecule has 0 radical (unpaired) electrons. The summed E-state index contributed by atoms with van der Waals surface area (Å²) in [7, 11) is 0. The molecule has 6 nitrogen and oxygen atoms in total. The summed E-state index contributed by atoms with van der Waals surface area (Å²) in [4.78, 5) is 16.8. The van der Waals surface area contributed by atoms with Crippen molar-refractivity contribution in [3.05, 3.63) is 84.2 Å². The smallest absolute Gasteiger partial charge is 0.234 e. The Morgan fingerprint density at radius 1 is 1.03 bits per heavy atom. The molecule has 0 unspecified atom stereocenters. The average molecular weight is 416 g/mol. The van der Waals surface area contributed by atoms with Gasteiger partial charge in [-0.2, -0.15) is 0 Å². The van der Waals surface area contributed by atoms with Gasteiger partial charge in [-0.1, -0.05) is 42.1 Å². The molecule has 7 heteroatoms. The van der Waals surface area contributed by atoms with Crippen LogP contribution in [-0.2, 0) is 4.79 Å². The third kappa shape index (κ3) is 4.41. The zero-order chi connectivity index (χ0) is 20.9. The molecule has 0 spiro atoms. The number of para-hydroxylation sites is 1. The minimum Gasteiger partial charge on any atom is -0.325 e. The molecule has 0 aliphatic carbocycles. The number of pyridine rings is 1. The predicted molar refractivity (Wildman–Crippen MR) is 120 cm³/mol. The number of amides is 1. The Labute approximate surface area is 179 Å². The van der Waals surface area contributed by atoms with Crippen LogP contribution in [0.2, 0.25) is 0 Å². The molecule has 1 N–H and O–H groups in total. The van der Waals surface area contributed by atoms with Crippen LogP contribution in [0.3, 0.4) is 0 Å². The van der Waals surface area contributed by atoms with Crippen LogP contribution in [0.1, 0.15) is 11.1 Å². The molecular formula is C23H21N5OS. The second-order valence-electron chi connectivity index (χ2n) is 6.87. The van der Waals surface area contributed by atoms with Gasteiger partial charge in [-0.3, -0.25) is 14.3 Å². The Hall–Kier alpha value is -3.45. The fraction of sp³-hybridized carbons (Fsp3) is 0.130. The van der Waals surface area contributed by atoms with Gasteiger partial charge in [-0.15, -0.1) is 10.2 Å². The number of benzene rings is 2. The van der Waals surface area contributed by atoms with E-state index >= 15 is 0 Å². The molecule has 30 heavy (non-hydrogen) atoms. The quantitative estimate of drug-likeness (QED) is 0.463. The van der Waals surface area contributed by atoms with Crippen molar-refractivity contribution in [2.45, 2.75) is 19.0 Å². The molecule has 0 bridgehead atoms. The number of anilines is 1. The number of carbonyl (C=O) groups excluding carboxylic acids is 1. The molecule has 0 fully saturated rings. The van der Waals surface area contributed by atoms with E-state index in [1.54, 1.807) is 12.4 Å². The summed E-state index contributed by atoms with van der Waals surface area (Å²) in [6, 6.07) is 19.7. The third-order valence-electron chi connectivity index (χ3n) is 4.57. The summed E-state index contributed by atoms with van der Waals surface area (Å²) in [5, 5.41) is 12.4. The molecule has 150 valence electrons. The second kappa shape index (κ2) is 8.92. The lowest BCUT2D eigenvalue weighted by atomic mass is 10.1. The lowest BCUT2D eigenvalue weighted by Gasteiger charge is -2.11. The summed E-state index contributed by atoms with van der Waals surface area (Å²) in [5.74, 6) is 0.830. The van der Waals surface area contributed by atoms with Crippen molar-refractivity contribution in [3.63, 3.8) is 0 Å². The number of thioether (sulfide) groups is 1. The van der Waals surface area contributed by atoms with E-state index in [1.165, 1.54) is 11.8 Å². The average Bonchev–Trinajstić information content (AvgIpc) is 3.20. The zero-order valence-electron chi connectivity index (χ0n) is 16.7. The Balaban J connectivity index is 1.58. The normalized spacial score (nSPS) is 10.7. The lowest BCUT2D eigenvalue weighted by Crippen LogP contribution is -2.15. The zero-order valence-corrected chi connectivity index (χ0v) is 17.6. The first-order chi connectivity index (χ1) is 14.6. The fourth-order valence-corrected chi connectivity index (χ4v) is 3.79. The van der Waals surface area contributed by atoms with Gasteiger partial charge in [0, 0.05) is 29.3 Å². The third-order valence-corrected chi connectivity index (χ3v) is 5.50. The summed E-state index contributed by atoms with van der Waals surface area (Å²) >= 11 is 1.35. The number of aromatic nitrogens is 4. The topological polar surface area (TPSA) is 72.7 Å². The van der Waals surface area contributed by atoms with Gasteiger partial charge < -0.3 is 5.32 Å². The highest BCUT2D eigenvalue weighted by molar-refractivity contribution is 7.99.